The first-order chi connectivity index (χ1) is 9.88. The molecule has 0 atom stereocenters. The van der Waals surface area contributed by atoms with Gasteiger partial charge in [0.25, 0.3) is 0 Å². The van der Waals surface area contributed by atoms with Crippen LogP contribution in [0.25, 0.3) is 22.5 Å². The van der Waals surface area contributed by atoms with Gasteiger partial charge in [0.15, 0.2) is 0 Å². The summed E-state index contributed by atoms with van der Waals surface area (Å²) in [6.07, 6.45) is 4.72. The Kier molecular flexibility index (Phi) is 3.55. The fraction of sp³-hybridized carbons (Fsp3) is 0.111. The minimum Gasteiger partial charge on any atom is -0.256 e. The van der Waals surface area contributed by atoms with Crippen LogP contribution in [-0.4, -0.2) is 9.97 Å². The van der Waals surface area contributed by atoms with E-state index in [0.717, 1.165) is 28.9 Å². The number of benzene rings is 1. The van der Waals surface area contributed by atoms with Crippen LogP contribution in [0.4, 0.5) is 0 Å². The SMILES string of the molecule is CCc1cc(-c2ccccc2)ncc1-c1ccccn1. The van der Waals surface area contributed by atoms with Gasteiger partial charge < -0.3 is 0 Å². The second-order valence-corrected chi connectivity index (χ2v) is 4.66. The number of aromatic nitrogens is 2. The summed E-state index contributed by atoms with van der Waals surface area (Å²) in [5.74, 6) is 0. The van der Waals surface area contributed by atoms with Crippen molar-refractivity contribution in [2.45, 2.75) is 13.3 Å². The molecule has 1 aromatic carbocycles. The fourth-order valence-electron chi connectivity index (χ4n) is 2.31. The molecular formula is C18H16N2. The Morgan fingerprint density at radius 1 is 0.850 bits per heavy atom. The van der Waals surface area contributed by atoms with Crippen molar-refractivity contribution in [2.75, 3.05) is 0 Å². The smallest absolute Gasteiger partial charge is 0.0720 e. The summed E-state index contributed by atoms with van der Waals surface area (Å²) in [6.45, 7) is 2.16. The molecule has 2 nitrogen and oxygen atoms in total. The molecule has 0 aliphatic rings. The lowest BCUT2D eigenvalue weighted by Crippen LogP contribution is -1.94. The van der Waals surface area contributed by atoms with E-state index in [4.69, 9.17) is 0 Å². The maximum Gasteiger partial charge on any atom is 0.0720 e. The largest absolute Gasteiger partial charge is 0.256 e. The molecule has 20 heavy (non-hydrogen) atoms. The summed E-state index contributed by atoms with van der Waals surface area (Å²) in [7, 11) is 0. The summed E-state index contributed by atoms with van der Waals surface area (Å²) >= 11 is 0. The van der Waals surface area contributed by atoms with Gasteiger partial charge in [0.1, 0.15) is 0 Å². The Labute approximate surface area is 119 Å². The van der Waals surface area contributed by atoms with E-state index >= 15 is 0 Å². The van der Waals surface area contributed by atoms with Crippen molar-refractivity contribution in [3.8, 4) is 22.5 Å². The predicted molar refractivity (Wildman–Crippen MR) is 82.3 cm³/mol. The number of aryl methyl sites for hydroxylation is 1. The van der Waals surface area contributed by atoms with Crippen molar-refractivity contribution in [3.63, 3.8) is 0 Å². The van der Waals surface area contributed by atoms with Crippen LogP contribution in [0, 0.1) is 0 Å². The zero-order chi connectivity index (χ0) is 13.8. The molecule has 98 valence electrons. The van der Waals surface area contributed by atoms with E-state index in [0.29, 0.717) is 0 Å². The van der Waals surface area contributed by atoms with Gasteiger partial charge in [-0.05, 0) is 30.2 Å². The van der Waals surface area contributed by atoms with Gasteiger partial charge in [0.05, 0.1) is 11.4 Å². The highest BCUT2D eigenvalue weighted by Crippen LogP contribution is 2.25. The van der Waals surface area contributed by atoms with Gasteiger partial charge in [-0.3, -0.25) is 9.97 Å². The first-order valence-corrected chi connectivity index (χ1v) is 6.84. The van der Waals surface area contributed by atoms with Crippen molar-refractivity contribution in [1.82, 2.24) is 9.97 Å². The third-order valence-corrected chi connectivity index (χ3v) is 3.38. The predicted octanol–water partition coefficient (Wildman–Crippen LogP) is 4.37. The second-order valence-electron chi connectivity index (χ2n) is 4.66. The second kappa shape index (κ2) is 5.66. The van der Waals surface area contributed by atoms with Crippen molar-refractivity contribution in [3.05, 3.63) is 72.6 Å². The van der Waals surface area contributed by atoms with Crippen LogP contribution >= 0.6 is 0 Å². The number of nitrogens with zero attached hydrogens (tertiary/aromatic N) is 2. The highest BCUT2D eigenvalue weighted by atomic mass is 14.7. The van der Waals surface area contributed by atoms with Gasteiger partial charge in [-0.15, -0.1) is 0 Å². The molecule has 2 heterocycles. The third kappa shape index (κ3) is 2.45. The molecule has 0 N–H and O–H groups in total. The van der Waals surface area contributed by atoms with E-state index in [-0.39, 0.29) is 0 Å². The van der Waals surface area contributed by atoms with E-state index in [1.165, 1.54) is 5.56 Å². The Morgan fingerprint density at radius 3 is 2.35 bits per heavy atom. The van der Waals surface area contributed by atoms with Crippen LogP contribution in [-0.2, 0) is 6.42 Å². The molecule has 3 aromatic rings. The van der Waals surface area contributed by atoms with Crippen LogP contribution in [0.1, 0.15) is 12.5 Å². The zero-order valence-electron chi connectivity index (χ0n) is 11.5. The van der Waals surface area contributed by atoms with Crippen molar-refractivity contribution >= 4 is 0 Å². The average Bonchev–Trinajstić information content (AvgIpc) is 2.56. The Hall–Kier alpha value is -2.48. The van der Waals surface area contributed by atoms with Gasteiger partial charge in [-0.1, -0.05) is 43.3 Å². The molecule has 0 saturated carbocycles. The lowest BCUT2D eigenvalue weighted by atomic mass is 10.0. The molecule has 3 rings (SSSR count). The molecule has 0 radical (unpaired) electrons. The first kappa shape index (κ1) is 12.5. The first-order valence-electron chi connectivity index (χ1n) is 6.84. The Bertz CT molecular complexity index is 691. The van der Waals surface area contributed by atoms with Crippen LogP contribution in [0.15, 0.2) is 67.0 Å². The molecule has 0 spiro atoms. The molecule has 0 aliphatic heterocycles. The van der Waals surface area contributed by atoms with E-state index < -0.39 is 0 Å². The summed E-state index contributed by atoms with van der Waals surface area (Å²) in [5, 5.41) is 0. The quantitative estimate of drug-likeness (QED) is 0.698. The van der Waals surface area contributed by atoms with Crippen LogP contribution < -0.4 is 0 Å². The van der Waals surface area contributed by atoms with E-state index in [9.17, 15) is 0 Å². The molecule has 0 fully saturated rings. The van der Waals surface area contributed by atoms with Crippen LogP contribution in [0.2, 0.25) is 0 Å². The van der Waals surface area contributed by atoms with Crippen molar-refractivity contribution < 1.29 is 0 Å². The van der Waals surface area contributed by atoms with Crippen LogP contribution in [0.3, 0.4) is 0 Å². The molecule has 0 amide bonds. The third-order valence-electron chi connectivity index (χ3n) is 3.38. The Balaban J connectivity index is 2.07. The van der Waals surface area contributed by atoms with E-state index in [1.54, 1.807) is 0 Å². The van der Waals surface area contributed by atoms with Gasteiger partial charge in [-0.2, -0.15) is 0 Å². The van der Waals surface area contributed by atoms with E-state index in [2.05, 4.69) is 35.1 Å². The average molecular weight is 260 g/mol. The fourth-order valence-corrected chi connectivity index (χ4v) is 2.31. The molecule has 0 saturated heterocycles. The topological polar surface area (TPSA) is 25.8 Å². The van der Waals surface area contributed by atoms with Crippen molar-refractivity contribution in [2.24, 2.45) is 0 Å². The summed E-state index contributed by atoms with van der Waals surface area (Å²) < 4.78 is 0. The monoisotopic (exact) mass is 260 g/mol. The van der Waals surface area contributed by atoms with E-state index in [1.807, 2.05) is 48.8 Å². The maximum atomic E-state index is 4.59. The summed E-state index contributed by atoms with van der Waals surface area (Å²) in [6, 6.07) is 18.4. The number of hydrogen-bond acceptors (Lipinski definition) is 2. The molecule has 0 aliphatic carbocycles. The minimum atomic E-state index is 0.967. The highest BCUT2D eigenvalue weighted by molar-refractivity contribution is 5.68. The highest BCUT2D eigenvalue weighted by Gasteiger charge is 2.08. The Morgan fingerprint density at radius 2 is 1.65 bits per heavy atom. The van der Waals surface area contributed by atoms with Crippen molar-refractivity contribution in [1.29, 1.82) is 0 Å². The van der Waals surface area contributed by atoms with Gasteiger partial charge in [-0.25, -0.2) is 0 Å². The van der Waals surface area contributed by atoms with Gasteiger partial charge >= 0.3 is 0 Å². The number of pyridine rings is 2. The summed E-state index contributed by atoms with van der Waals surface area (Å²) in [5.41, 5.74) is 5.54. The molecular weight excluding hydrogens is 244 g/mol. The minimum absolute atomic E-state index is 0.967. The van der Waals surface area contributed by atoms with Gasteiger partial charge in [0, 0.05) is 23.5 Å². The van der Waals surface area contributed by atoms with Gasteiger partial charge in [0.2, 0.25) is 0 Å². The number of hydrogen-bond donors (Lipinski definition) is 0. The standard InChI is InChI=1S/C18H16N2/c1-2-14-12-18(15-8-4-3-5-9-15)20-13-16(14)17-10-6-7-11-19-17/h3-13H,2H2,1H3. The lowest BCUT2D eigenvalue weighted by Gasteiger charge is -2.09. The zero-order valence-corrected chi connectivity index (χ0v) is 11.5. The molecule has 2 aromatic heterocycles. The summed E-state index contributed by atoms with van der Waals surface area (Å²) in [4.78, 5) is 9.01. The number of rotatable bonds is 3. The molecule has 2 heteroatoms. The molecule has 0 bridgehead atoms. The normalized spacial score (nSPS) is 10.4. The lowest BCUT2D eigenvalue weighted by molar-refractivity contribution is 1.11. The molecule has 0 unspecified atom stereocenters. The maximum absolute atomic E-state index is 4.59. The van der Waals surface area contributed by atoms with Crippen LogP contribution in [0.5, 0.6) is 0 Å².